The number of rotatable bonds is 6. The van der Waals surface area contributed by atoms with Crippen molar-refractivity contribution in [2.75, 3.05) is 12.4 Å². The molecule has 0 unspecified atom stereocenters. The number of carbonyl (C=O) groups is 1. The number of nitrogens with one attached hydrogen (secondary N) is 1. The van der Waals surface area contributed by atoms with Crippen LogP contribution < -0.4 is 10.1 Å². The number of hydrogen-bond donors (Lipinski definition) is 1. The Morgan fingerprint density at radius 2 is 2.04 bits per heavy atom. The van der Waals surface area contributed by atoms with Crippen LogP contribution in [0.15, 0.2) is 47.1 Å². The van der Waals surface area contributed by atoms with Gasteiger partial charge in [-0.3, -0.25) is 4.79 Å². The number of hydrogen-bond acceptors (Lipinski definition) is 6. The first kappa shape index (κ1) is 16.0. The van der Waals surface area contributed by atoms with Crippen molar-refractivity contribution in [3.05, 3.63) is 59.1 Å². The lowest BCUT2D eigenvalue weighted by Gasteiger charge is -2.10. The van der Waals surface area contributed by atoms with Crippen LogP contribution in [0.1, 0.15) is 16.2 Å². The lowest BCUT2D eigenvalue weighted by atomic mass is 10.2. The normalized spacial score (nSPS) is 10.4. The fourth-order valence-corrected chi connectivity index (χ4v) is 2.31. The number of benzene rings is 1. The van der Waals surface area contributed by atoms with Crippen molar-refractivity contribution in [2.24, 2.45) is 0 Å². The van der Waals surface area contributed by atoms with Crippen LogP contribution in [0.3, 0.4) is 0 Å². The quantitative estimate of drug-likeness (QED) is 0.685. The molecule has 1 N–H and O–H groups in total. The number of methoxy groups -OCH3 is 1. The van der Waals surface area contributed by atoms with Gasteiger partial charge in [0.25, 0.3) is 0 Å². The molecule has 1 aromatic carbocycles. The molecule has 0 bridgehead atoms. The third-order valence-corrected chi connectivity index (χ3v) is 3.72. The summed E-state index contributed by atoms with van der Waals surface area (Å²) in [6.45, 7) is 0.393. The third-order valence-electron chi connectivity index (χ3n) is 3.35. The second-order valence-electron chi connectivity index (χ2n) is 4.87. The van der Waals surface area contributed by atoms with Crippen molar-refractivity contribution >= 4 is 23.7 Å². The van der Waals surface area contributed by atoms with Crippen molar-refractivity contribution in [3.63, 3.8) is 0 Å². The summed E-state index contributed by atoms with van der Waals surface area (Å²) in [6.07, 6.45) is 2.19. The maximum absolute atomic E-state index is 11.3. The number of aldehydes is 1. The molecule has 0 aliphatic heterocycles. The molecule has 0 saturated heterocycles. The Balaban J connectivity index is 1.94. The van der Waals surface area contributed by atoms with Gasteiger partial charge in [0.05, 0.1) is 19.9 Å². The molecule has 24 heavy (non-hydrogen) atoms. The molecule has 0 aliphatic rings. The SMILES string of the molecule is COc1ccc(-c2nc(C=O)c(Cl)c(NCc3ccco3)n2)cc1. The van der Waals surface area contributed by atoms with Gasteiger partial charge in [-0.1, -0.05) is 11.6 Å². The molecule has 2 heterocycles. The summed E-state index contributed by atoms with van der Waals surface area (Å²) >= 11 is 6.19. The lowest BCUT2D eigenvalue weighted by Crippen LogP contribution is -2.06. The Hall–Kier alpha value is -2.86. The monoisotopic (exact) mass is 343 g/mol. The molecule has 0 aliphatic carbocycles. The Kier molecular flexibility index (Phi) is 4.77. The first-order valence-electron chi connectivity index (χ1n) is 7.14. The molecule has 7 heteroatoms. The number of furan rings is 1. The summed E-state index contributed by atoms with van der Waals surface area (Å²) in [5.74, 6) is 2.21. The van der Waals surface area contributed by atoms with Gasteiger partial charge in [0, 0.05) is 5.56 Å². The number of nitrogens with zero attached hydrogens (tertiary/aromatic N) is 2. The Bertz CT molecular complexity index is 833. The van der Waals surface area contributed by atoms with Crippen LogP contribution in [0.2, 0.25) is 5.02 Å². The molecule has 0 radical (unpaired) electrons. The lowest BCUT2D eigenvalue weighted by molar-refractivity contribution is 0.111. The second kappa shape index (κ2) is 7.14. The average molecular weight is 344 g/mol. The van der Waals surface area contributed by atoms with Gasteiger partial charge in [-0.15, -0.1) is 0 Å². The summed E-state index contributed by atoms with van der Waals surface area (Å²) in [7, 11) is 1.59. The van der Waals surface area contributed by atoms with E-state index in [0.717, 1.165) is 17.1 Å². The summed E-state index contributed by atoms with van der Waals surface area (Å²) in [5, 5.41) is 3.24. The van der Waals surface area contributed by atoms with Gasteiger partial charge in [0.2, 0.25) is 0 Å². The molecule has 3 aromatic rings. The smallest absolute Gasteiger partial charge is 0.170 e. The van der Waals surface area contributed by atoms with Crippen LogP contribution in [0, 0.1) is 0 Å². The molecule has 0 saturated carbocycles. The second-order valence-corrected chi connectivity index (χ2v) is 5.25. The molecule has 0 amide bonds. The molecule has 3 rings (SSSR count). The zero-order valence-electron chi connectivity index (χ0n) is 12.8. The van der Waals surface area contributed by atoms with Gasteiger partial charge < -0.3 is 14.5 Å². The average Bonchev–Trinajstić information content (AvgIpc) is 3.14. The Morgan fingerprint density at radius 1 is 1.25 bits per heavy atom. The van der Waals surface area contributed by atoms with Crippen molar-refractivity contribution in [2.45, 2.75) is 6.54 Å². The van der Waals surface area contributed by atoms with Crippen molar-refractivity contribution in [3.8, 4) is 17.1 Å². The van der Waals surface area contributed by atoms with Crippen LogP contribution in [0.25, 0.3) is 11.4 Å². The fourth-order valence-electron chi connectivity index (χ4n) is 2.11. The van der Waals surface area contributed by atoms with Gasteiger partial charge in [-0.25, -0.2) is 9.97 Å². The van der Waals surface area contributed by atoms with Crippen molar-refractivity contribution in [1.82, 2.24) is 9.97 Å². The van der Waals surface area contributed by atoms with E-state index >= 15 is 0 Å². The van der Waals surface area contributed by atoms with E-state index in [2.05, 4.69) is 15.3 Å². The van der Waals surface area contributed by atoms with Crippen LogP contribution in [-0.2, 0) is 6.54 Å². The zero-order chi connectivity index (χ0) is 16.9. The van der Waals surface area contributed by atoms with Crippen molar-refractivity contribution in [1.29, 1.82) is 0 Å². The van der Waals surface area contributed by atoms with E-state index in [9.17, 15) is 4.79 Å². The van der Waals surface area contributed by atoms with E-state index in [1.165, 1.54) is 0 Å². The molecule has 2 aromatic heterocycles. The Labute approximate surface area is 143 Å². The Morgan fingerprint density at radius 3 is 2.67 bits per heavy atom. The maximum Gasteiger partial charge on any atom is 0.170 e. The molecule has 0 fully saturated rings. The largest absolute Gasteiger partial charge is 0.497 e. The summed E-state index contributed by atoms with van der Waals surface area (Å²) in [4.78, 5) is 19.9. The molecule has 0 spiro atoms. The summed E-state index contributed by atoms with van der Waals surface area (Å²) in [5.41, 5.74) is 0.871. The highest BCUT2D eigenvalue weighted by Gasteiger charge is 2.14. The number of ether oxygens (including phenoxy) is 1. The number of halogens is 1. The number of carbonyl (C=O) groups excluding carboxylic acids is 1. The highest BCUT2D eigenvalue weighted by Crippen LogP contribution is 2.27. The van der Waals surface area contributed by atoms with Gasteiger partial charge in [-0.05, 0) is 36.4 Å². The van der Waals surface area contributed by atoms with Crippen LogP contribution in [0.4, 0.5) is 5.82 Å². The van der Waals surface area contributed by atoms with E-state index in [0.29, 0.717) is 24.5 Å². The standard InChI is InChI=1S/C17H14ClN3O3/c1-23-12-6-4-11(5-7-12)16-20-14(10-22)15(18)17(21-16)19-9-13-3-2-8-24-13/h2-8,10H,9H2,1H3,(H,19,20,21). The van der Waals surface area contributed by atoms with E-state index in [1.54, 1.807) is 31.6 Å². The summed E-state index contributed by atoms with van der Waals surface area (Å²) < 4.78 is 10.4. The topological polar surface area (TPSA) is 77.2 Å². The van der Waals surface area contributed by atoms with E-state index in [1.807, 2.05) is 18.2 Å². The number of anilines is 1. The maximum atomic E-state index is 11.3. The van der Waals surface area contributed by atoms with E-state index < -0.39 is 0 Å². The van der Waals surface area contributed by atoms with Gasteiger partial charge in [0.15, 0.2) is 12.1 Å². The van der Waals surface area contributed by atoms with Crippen molar-refractivity contribution < 1.29 is 13.9 Å². The third kappa shape index (κ3) is 3.38. The van der Waals surface area contributed by atoms with Gasteiger partial charge in [-0.2, -0.15) is 0 Å². The van der Waals surface area contributed by atoms with E-state index in [-0.39, 0.29) is 10.7 Å². The van der Waals surface area contributed by atoms with Gasteiger partial charge in [0.1, 0.15) is 28.0 Å². The van der Waals surface area contributed by atoms with Gasteiger partial charge >= 0.3 is 0 Å². The predicted molar refractivity (Wildman–Crippen MR) is 90.5 cm³/mol. The molecule has 122 valence electrons. The van der Waals surface area contributed by atoms with Crippen LogP contribution in [-0.4, -0.2) is 23.4 Å². The zero-order valence-corrected chi connectivity index (χ0v) is 13.6. The minimum absolute atomic E-state index is 0.124. The molecular weight excluding hydrogens is 330 g/mol. The summed E-state index contributed by atoms with van der Waals surface area (Å²) in [6, 6.07) is 10.8. The predicted octanol–water partition coefficient (Wildman–Crippen LogP) is 3.82. The number of aromatic nitrogens is 2. The first-order valence-corrected chi connectivity index (χ1v) is 7.52. The molecule has 0 atom stereocenters. The highest BCUT2D eigenvalue weighted by molar-refractivity contribution is 6.35. The highest BCUT2D eigenvalue weighted by atomic mass is 35.5. The fraction of sp³-hybridized carbons (Fsp3) is 0.118. The van der Waals surface area contributed by atoms with Crippen LogP contribution >= 0.6 is 11.6 Å². The minimum atomic E-state index is 0.124. The van der Waals surface area contributed by atoms with E-state index in [4.69, 9.17) is 20.8 Å². The van der Waals surface area contributed by atoms with Crippen LogP contribution in [0.5, 0.6) is 5.75 Å². The minimum Gasteiger partial charge on any atom is -0.497 e. The molecular formula is C17H14ClN3O3. The molecule has 6 nitrogen and oxygen atoms in total. The first-order chi connectivity index (χ1) is 11.7.